The Labute approximate surface area is 232 Å². The highest BCUT2D eigenvalue weighted by Gasteiger charge is 2.42. The number of hydrogen-bond acceptors (Lipinski definition) is 5. The van der Waals surface area contributed by atoms with Gasteiger partial charge in [-0.25, -0.2) is 0 Å². The third kappa shape index (κ3) is 5.34. The molecule has 0 saturated carbocycles. The van der Waals surface area contributed by atoms with E-state index in [4.69, 9.17) is 38.0 Å². The van der Waals surface area contributed by atoms with Crippen LogP contribution in [-0.2, 0) is 4.74 Å². The van der Waals surface area contributed by atoms with Crippen LogP contribution in [0.2, 0.25) is 5.02 Å². The van der Waals surface area contributed by atoms with Crippen molar-refractivity contribution in [3.8, 4) is 17.2 Å². The van der Waals surface area contributed by atoms with Crippen molar-refractivity contribution in [1.29, 1.82) is 0 Å². The molecule has 196 valence electrons. The summed E-state index contributed by atoms with van der Waals surface area (Å²) in [4.78, 5) is 6.76. The minimum atomic E-state index is -0.199. The second kappa shape index (κ2) is 11.9. The molecule has 0 unspecified atom stereocenters. The highest BCUT2D eigenvalue weighted by molar-refractivity contribution is 7.80. The monoisotopic (exact) mass is 548 g/mol. The lowest BCUT2D eigenvalue weighted by Gasteiger charge is -2.29. The summed E-state index contributed by atoms with van der Waals surface area (Å²) in [6, 6.07) is 23.5. The summed E-state index contributed by atoms with van der Waals surface area (Å²) >= 11 is 12.5. The van der Waals surface area contributed by atoms with Crippen LogP contribution >= 0.6 is 23.8 Å². The van der Waals surface area contributed by atoms with Gasteiger partial charge in [0.05, 0.1) is 30.0 Å². The van der Waals surface area contributed by atoms with E-state index in [9.17, 15) is 0 Å². The molecule has 1 aliphatic rings. The van der Waals surface area contributed by atoms with Crippen molar-refractivity contribution in [2.45, 2.75) is 19.0 Å². The van der Waals surface area contributed by atoms with Gasteiger partial charge in [-0.3, -0.25) is 4.98 Å². The lowest BCUT2D eigenvalue weighted by atomic mass is 10.0. The third-order valence-electron chi connectivity index (χ3n) is 6.35. The Hall–Kier alpha value is -3.59. The molecule has 1 fully saturated rings. The quantitative estimate of drug-likeness (QED) is 0.189. The maximum absolute atomic E-state index is 6.64. The van der Waals surface area contributed by atoms with Gasteiger partial charge in [-0.15, -0.1) is 0 Å². The van der Waals surface area contributed by atoms with E-state index >= 15 is 0 Å². The standard InChI is InChI=1S/C29H29ClN4O3S/c1-3-36-22-12-9-20(10-13-22)33-16-6-8-25(33)28-27(24-7-4-5-15-31-24)32-29(38)34(28)21-11-14-26(23(30)19-21)37-18-17-35-2/h4-16,19,27-28H,3,17-18H2,1-2H3,(H,32,38)/t27-,28+/m0/s1. The zero-order chi connectivity index (χ0) is 26.5. The molecule has 7 nitrogen and oxygen atoms in total. The molecule has 38 heavy (non-hydrogen) atoms. The van der Waals surface area contributed by atoms with E-state index in [0.29, 0.717) is 35.7 Å². The Bertz CT molecular complexity index is 1380. The Morgan fingerprint density at radius 2 is 1.79 bits per heavy atom. The molecule has 0 amide bonds. The van der Waals surface area contributed by atoms with Crippen LogP contribution in [0.25, 0.3) is 5.69 Å². The fourth-order valence-electron chi connectivity index (χ4n) is 4.66. The van der Waals surface area contributed by atoms with Gasteiger partial charge in [0.25, 0.3) is 0 Å². The van der Waals surface area contributed by atoms with Crippen molar-refractivity contribution in [1.82, 2.24) is 14.9 Å². The first-order valence-corrected chi connectivity index (χ1v) is 13.2. The zero-order valence-corrected chi connectivity index (χ0v) is 22.8. The molecule has 5 rings (SSSR count). The predicted octanol–water partition coefficient (Wildman–Crippen LogP) is 6.13. The molecule has 4 aromatic rings. The number of methoxy groups -OCH3 is 1. The van der Waals surface area contributed by atoms with Gasteiger partial charge in [-0.2, -0.15) is 0 Å². The van der Waals surface area contributed by atoms with Crippen LogP contribution in [-0.4, -0.2) is 41.6 Å². The van der Waals surface area contributed by atoms with Gasteiger partial charge in [-0.05, 0) is 85.9 Å². The number of anilines is 1. The number of hydrogen-bond donors (Lipinski definition) is 1. The lowest BCUT2D eigenvalue weighted by Crippen LogP contribution is -2.30. The van der Waals surface area contributed by atoms with E-state index in [-0.39, 0.29) is 12.1 Å². The van der Waals surface area contributed by atoms with E-state index in [1.165, 1.54) is 0 Å². The van der Waals surface area contributed by atoms with Gasteiger partial charge in [-0.1, -0.05) is 17.7 Å². The molecule has 0 bridgehead atoms. The first kappa shape index (κ1) is 26.0. The molecular formula is C29H29ClN4O3S. The number of benzene rings is 2. The largest absolute Gasteiger partial charge is 0.494 e. The maximum Gasteiger partial charge on any atom is 0.174 e. The molecular weight excluding hydrogens is 520 g/mol. The van der Waals surface area contributed by atoms with Gasteiger partial charge >= 0.3 is 0 Å². The fraction of sp³-hybridized carbons (Fsp3) is 0.241. The summed E-state index contributed by atoms with van der Waals surface area (Å²) in [6.07, 6.45) is 3.86. The van der Waals surface area contributed by atoms with Crippen LogP contribution in [0, 0.1) is 0 Å². The molecule has 1 saturated heterocycles. The summed E-state index contributed by atoms with van der Waals surface area (Å²) in [5.74, 6) is 1.44. The highest BCUT2D eigenvalue weighted by Crippen LogP contribution is 2.43. The Kier molecular flexibility index (Phi) is 8.12. The SMILES string of the molecule is CCOc1ccc(-n2cccc2[C@@H]2[C@H](c3ccccn3)NC(=S)N2c2ccc(OCCOC)c(Cl)c2)cc1. The van der Waals surface area contributed by atoms with Gasteiger partial charge in [0.2, 0.25) is 0 Å². The minimum absolute atomic E-state index is 0.184. The molecule has 2 aromatic heterocycles. The summed E-state index contributed by atoms with van der Waals surface area (Å²) < 4.78 is 18.7. The molecule has 0 radical (unpaired) electrons. The number of rotatable bonds is 10. The van der Waals surface area contributed by atoms with Crippen LogP contribution < -0.4 is 19.7 Å². The number of thiocarbonyl (C=S) groups is 1. The van der Waals surface area contributed by atoms with Crippen LogP contribution in [0.1, 0.15) is 30.4 Å². The molecule has 0 aliphatic carbocycles. The molecule has 1 aliphatic heterocycles. The Balaban J connectivity index is 1.56. The summed E-state index contributed by atoms with van der Waals surface area (Å²) in [6.45, 7) is 3.50. The van der Waals surface area contributed by atoms with E-state index in [1.54, 1.807) is 13.3 Å². The van der Waals surface area contributed by atoms with E-state index in [1.807, 2.05) is 61.5 Å². The second-order valence-corrected chi connectivity index (χ2v) is 9.48. The van der Waals surface area contributed by atoms with Gasteiger partial charge < -0.3 is 29.0 Å². The molecule has 2 atom stereocenters. The average Bonchev–Trinajstić information content (AvgIpc) is 3.55. The summed E-state index contributed by atoms with van der Waals surface area (Å²) in [5.41, 5.74) is 3.82. The molecule has 3 heterocycles. The molecule has 0 spiro atoms. The summed E-state index contributed by atoms with van der Waals surface area (Å²) in [7, 11) is 1.64. The first-order chi connectivity index (χ1) is 18.6. The smallest absolute Gasteiger partial charge is 0.174 e. The number of pyridine rings is 1. The minimum Gasteiger partial charge on any atom is -0.494 e. The highest BCUT2D eigenvalue weighted by atomic mass is 35.5. The number of aromatic nitrogens is 2. The van der Waals surface area contributed by atoms with Crippen LogP contribution in [0.5, 0.6) is 11.5 Å². The van der Waals surface area contributed by atoms with Crippen molar-refractivity contribution in [3.05, 3.63) is 102 Å². The van der Waals surface area contributed by atoms with E-state index < -0.39 is 0 Å². The van der Waals surface area contributed by atoms with Crippen molar-refractivity contribution in [3.63, 3.8) is 0 Å². The van der Waals surface area contributed by atoms with Crippen molar-refractivity contribution >= 4 is 34.6 Å². The van der Waals surface area contributed by atoms with E-state index in [0.717, 1.165) is 28.5 Å². The average molecular weight is 549 g/mol. The van der Waals surface area contributed by atoms with Crippen molar-refractivity contribution < 1.29 is 14.2 Å². The second-order valence-electron chi connectivity index (χ2n) is 8.68. The Morgan fingerprint density at radius 1 is 0.974 bits per heavy atom. The topological polar surface area (TPSA) is 60.8 Å². The number of nitrogens with one attached hydrogen (secondary N) is 1. The fourth-order valence-corrected chi connectivity index (χ4v) is 5.24. The molecule has 2 aromatic carbocycles. The van der Waals surface area contributed by atoms with Crippen LogP contribution in [0.3, 0.4) is 0 Å². The maximum atomic E-state index is 6.64. The molecule has 1 N–H and O–H groups in total. The molecule has 9 heteroatoms. The van der Waals surface area contributed by atoms with Crippen LogP contribution in [0.15, 0.2) is 85.2 Å². The van der Waals surface area contributed by atoms with Crippen molar-refractivity contribution in [2.75, 3.05) is 31.8 Å². The first-order valence-electron chi connectivity index (χ1n) is 12.4. The third-order valence-corrected chi connectivity index (χ3v) is 6.96. The lowest BCUT2D eigenvalue weighted by molar-refractivity contribution is 0.146. The normalized spacial score (nSPS) is 16.9. The zero-order valence-electron chi connectivity index (χ0n) is 21.2. The van der Waals surface area contributed by atoms with Crippen molar-refractivity contribution in [2.24, 2.45) is 0 Å². The predicted molar refractivity (Wildman–Crippen MR) is 154 cm³/mol. The van der Waals surface area contributed by atoms with Gasteiger partial charge in [0.15, 0.2) is 5.11 Å². The Morgan fingerprint density at radius 3 is 2.50 bits per heavy atom. The van der Waals surface area contributed by atoms with E-state index in [2.05, 4.69) is 44.2 Å². The number of nitrogens with zero attached hydrogens (tertiary/aromatic N) is 3. The summed E-state index contributed by atoms with van der Waals surface area (Å²) in [5, 5.41) is 4.60. The van der Waals surface area contributed by atoms with Crippen LogP contribution in [0.4, 0.5) is 5.69 Å². The number of ether oxygens (including phenoxy) is 3. The van der Waals surface area contributed by atoms with Gasteiger partial charge in [0.1, 0.15) is 24.1 Å². The number of halogens is 1. The van der Waals surface area contributed by atoms with Gasteiger partial charge in [0, 0.05) is 36.6 Å².